The summed E-state index contributed by atoms with van der Waals surface area (Å²) in [5, 5.41) is 8.90. The van der Waals surface area contributed by atoms with Crippen molar-refractivity contribution in [1.82, 2.24) is 9.80 Å². The Morgan fingerprint density at radius 1 is 1.11 bits per heavy atom. The summed E-state index contributed by atoms with van der Waals surface area (Å²) in [6.45, 7) is 3.08. The molecule has 2 rings (SSSR count). The van der Waals surface area contributed by atoms with Crippen molar-refractivity contribution in [2.45, 2.75) is 0 Å². The molecule has 0 radical (unpaired) electrons. The average molecular weight is 285 g/mol. The van der Waals surface area contributed by atoms with E-state index in [1.165, 1.54) is 12.1 Å². The number of carbonyl (C=O) groups is 2. The highest BCUT2D eigenvalue weighted by Gasteiger charge is 2.20. The monoisotopic (exact) mass is 284 g/mol. The molecule has 1 heterocycles. The highest BCUT2D eigenvalue weighted by molar-refractivity contribution is 5.97. The third-order valence-corrected chi connectivity index (χ3v) is 3.15. The second kappa shape index (κ2) is 6.54. The summed E-state index contributed by atoms with van der Waals surface area (Å²) in [6.07, 6.45) is 0. The maximum absolute atomic E-state index is 12.2. The van der Waals surface area contributed by atoms with Crippen LogP contribution in [0.15, 0.2) is 24.3 Å². The van der Waals surface area contributed by atoms with E-state index in [1.54, 1.807) is 17.0 Å². The summed E-state index contributed by atoms with van der Waals surface area (Å²) in [4.78, 5) is 27.0. The Morgan fingerprint density at radius 2 is 1.68 bits per heavy atom. The zero-order valence-electron chi connectivity index (χ0n) is 10.7. The van der Waals surface area contributed by atoms with E-state index in [0.717, 1.165) is 13.1 Å². The van der Waals surface area contributed by atoms with Crippen molar-refractivity contribution in [3.8, 4) is 0 Å². The fourth-order valence-electron chi connectivity index (χ4n) is 1.98. The van der Waals surface area contributed by atoms with Gasteiger partial charge in [0.2, 0.25) is 0 Å². The molecule has 1 aliphatic heterocycles. The molecule has 19 heavy (non-hydrogen) atoms. The van der Waals surface area contributed by atoms with Crippen LogP contribution in [0.2, 0.25) is 0 Å². The van der Waals surface area contributed by atoms with E-state index in [-0.39, 0.29) is 23.9 Å². The van der Waals surface area contributed by atoms with Crippen LogP contribution in [0.3, 0.4) is 0 Å². The zero-order valence-corrected chi connectivity index (χ0v) is 11.5. The average Bonchev–Trinajstić information content (AvgIpc) is 2.39. The lowest BCUT2D eigenvalue weighted by Gasteiger charge is -2.32. The Hall–Kier alpha value is -1.59. The number of carboxylic acids is 1. The second-order valence-electron chi connectivity index (χ2n) is 4.48. The molecule has 104 valence electrons. The van der Waals surface area contributed by atoms with Crippen LogP contribution >= 0.6 is 12.4 Å². The standard InChI is InChI=1S/C13H16N2O3.ClH/c1-14-5-7-15(8-6-14)12(16)10-3-2-4-11(9-10)13(17)18;/h2-4,9H,5-8H2,1H3,(H,17,18);1H. The van der Waals surface area contributed by atoms with Crippen molar-refractivity contribution in [1.29, 1.82) is 0 Å². The van der Waals surface area contributed by atoms with E-state index in [4.69, 9.17) is 5.11 Å². The van der Waals surface area contributed by atoms with Crippen LogP contribution in [-0.2, 0) is 0 Å². The van der Waals surface area contributed by atoms with Crippen LogP contribution in [-0.4, -0.2) is 60.0 Å². The molecule has 1 amide bonds. The Kier molecular flexibility index (Phi) is 5.32. The van der Waals surface area contributed by atoms with Crippen molar-refractivity contribution < 1.29 is 14.7 Å². The number of hydrogen-bond donors (Lipinski definition) is 1. The van der Waals surface area contributed by atoms with Crippen molar-refractivity contribution in [3.63, 3.8) is 0 Å². The summed E-state index contributed by atoms with van der Waals surface area (Å²) in [7, 11) is 2.02. The van der Waals surface area contributed by atoms with E-state index < -0.39 is 5.97 Å². The van der Waals surface area contributed by atoms with Gasteiger partial charge in [0.25, 0.3) is 5.91 Å². The van der Waals surface area contributed by atoms with Gasteiger partial charge in [-0.1, -0.05) is 6.07 Å². The number of benzene rings is 1. The molecule has 6 heteroatoms. The third-order valence-electron chi connectivity index (χ3n) is 3.15. The number of likely N-dealkylation sites (N-methyl/N-ethyl adjacent to an activating group) is 1. The normalized spacial score (nSPS) is 15.7. The van der Waals surface area contributed by atoms with Crippen molar-refractivity contribution >= 4 is 24.3 Å². The van der Waals surface area contributed by atoms with E-state index in [2.05, 4.69) is 4.90 Å². The summed E-state index contributed by atoms with van der Waals surface area (Å²) in [5.41, 5.74) is 0.592. The minimum Gasteiger partial charge on any atom is -0.478 e. The van der Waals surface area contributed by atoms with Crippen LogP contribution in [0.25, 0.3) is 0 Å². The van der Waals surface area contributed by atoms with Gasteiger partial charge in [-0.25, -0.2) is 4.79 Å². The summed E-state index contributed by atoms with van der Waals surface area (Å²) in [6, 6.07) is 6.19. The first-order valence-corrected chi connectivity index (χ1v) is 5.89. The number of halogens is 1. The summed E-state index contributed by atoms with van der Waals surface area (Å²) in [5.74, 6) is -1.10. The lowest BCUT2D eigenvalue weighted by Crippen LogP contribution is -2.47. The third kappa shape index (κ3) is 3.68. The van der Waals surface area contributed by atoms with E-state index in [9.17, 15) is 9.59 Å². The van der Waals surface area contributed by atoms with E-state index in [0.29, 0.717) is 18.7 Å². The minimum absolute atomic E-state index is 0. The first kappa shape index (κ1) is 15.5. The molecule has 0 spiro atoms. The van der Waals surface area contributed by atoms with Crippen molar-refractivity contribution in [2.24, 2.45) is 0 Å². The van der Waals surface area contributed by atoms with Gasteiger partial charge in [-0.2, -0.15) is 0 Å². The number of hydrogen-bond acceptors (Lipinski definition) is 3. The fourth-order valence-corrected chi connectivity index (χ4v) is 1.98. The number of carboxylic acid groups (broad SMARTS) is 1. The first-order chi connectivity index (χ1) is 8.58. The number of piperazine rings is 1. The molecular formula is C13H17ClN2O3. The molecule has 5 nitrogen and oxygen atoms in total. The summed E-state index contributed by atoms with van der Waals surface area (Å²) >= 11 is 0. The van der Waals surface area contributed by atoms with Crippen LogP contribution in [0.5, 0.6) is 0 Å². The van der Waals surface area contributed by atoms with Crippen LogP contribution < -0.4 is 0 Å². The smallest absolute Gasteiger partial charge is 0.335 e. The molecular weight excluding hydrogens is 268 g/mol. The molecule has 0 atom stereocenters. The van der Waals surface area contributed by atoms with Crippen LogP contribution in [0.4, 0.5) is 0 Å². The van der Waals surface area contributed by atoms with Crippen LogP contribution in [0, 0.1) is 0 Å². The van der Waals surface area contributed by atoms with Crippen molar-refractivity contribution in [3.05, 3.63) is 35.4 Å². The predicted molar refractivity (Wildman–Crippen MR) is 74.0 cm³/mol. The molecule has 1 saturated heterocycles. The molecule has 0 unspecified atom stereocenters. The molecule has 1 aromatic rings. The Morgan fingerprint density at radius 3 is 2.26 bits per heavy atom. The molecule has 1 fully saturated rings. The summed E-state index contributed by atoms with van der Waals surface area (Å²) < 4.78 is 0. The van der Waals surface area contributed by atoms with Gasteiger partial charge in [0.15, 0.2) is 0 Å². The van der Waals surface area contributed by atoms with Crippen LogP contribution in [0.1, 0.15) is 20.7 Å². The van der Waals surface area contributed by atoms with Gasteiger partial charge in [-0.05, 0) is 25.2 Å². The number of carbonyl (C=O) groups excluding carboxylic acids is 1. The molecule has 0 aromatic heterocycles. The molecule has 1 aliphatic rings. The van der Waals surface area contributed by atoms with Gasteiger partial charge in [0, 0.05) is 31.7 Å². The van der Waals surface area contributed by atoms with Gasteiger partial charge in [-0.15, -0.1) is 12.4 Å². The Bertz CT molecular complexity index is 471. The van der Waals surface area contributed by atoms with Gasteiger partial charge in [-0.3, -0.25) is 4.79 Å². The second-order valence-corrected chi connectivity index (χ2v) is 4.48. The number of nitrogens with zero attached hydrogens (tertiary/aromatic N) is 2. The highest BCUT2D eigenvalue weighted by atomic mass is 35.5. The lowest BCUT2D eigenvalue weighted by molar-refractivity contribution is 0.0664. The highest BCUT2D eigenvalue weighted by Crippen LogP contribution is 2.10. The Balaban J connectivity index is 0.00000180. The number of rotatable bonds is 2. The molecule has 0 saturated carbocycles. The molecule has 1 aromatic carbocycles. The van der Waals surface area contributed by atoms with Gasteiger partial charge in [0.1, 0.15) is 0 Å². The zero-order chi connectivity index (χ0) is 13.1. The number of aromatic carboxylic acids is 1. The quantitative estimate of drug-likeness (QED) is 0.886. The van der Waals surface area contributed by atoms with Crippen molar-refractivity contribution in [2.75, 3.05) is 33.2 Å². The van der Waals surface area contributed by atoms with E-state index in [1.807, 2.05) is 7.05 Å². The molecule has 0 bridgehead atoms. The SMILES string of the molecule is CN1CCN(C(=O)c2cccc(C(=O)O)c2)CC1.Cl. The van der Waals surface area contributed by atoms with E-state index >= 15 is 0 Å². The topological polar surface area (TPSA) is 60.9 Å². The predicted octanol–water partition coefficient (Wildman–Crippen LogP) is 1.19. The Labute approximate surface area is 118 Å². The first-order valence-electron chi connectivity index (χ1n) is 5.89. The minimum atomic E-state index is -1.01. The lowest BCUT2D eigenvalue weighted by atomic mass is 10.1. The molecule has 0 aliphatic carbocycles. The molecule has 1 N–H and O–H groups in total. The maximum atomic E-state index is 12.2. The van der Waals surface area contributed by atoms with Gasteiger partial charge < -0.3 is 14.9 Å². The fraction of sp³-hybridized carbons (Fsp3) is 0.385. The maximum Gasteiger partial charge on any atom is 0.335 e. The van der Waals surface area contributed by atoms with Gasteiger partial charge in [0.05, 0.1) is 5.56 Å². The largest absolute Gasteiger partial charge is 0.478 e. The number of amides is 1. The van der Waals surface area contributed by atoms with Gasteiger partial charge >= 0.3 is 5.97 Å².